The van der Waals surface area contributed by atoms with Crippen LogP contribution in [-0.4, -0.2) is 30.8 Å². The van der Waals surface area contributed by atoms with Gasteiger partial charge in [-0.2, -0.15) is 0 Å². The summed E-state index contributed by atoms with van der Waals surface area (Å²) in [4.78, 5) is 5.92. The van der Waals surface area contributed by atoms with Crippen LogP contribution in [0.4, 0.5) is 0 Å². The second kappa shape index (κ2) is 5.27. The number of morpholine rings is 1. The van der Waals surface area contributed by atoms with Crippen molar-refractivity contribution in [3.05, 3.63) is 28.6 Å². The molecule has 3 rings (SSSR count). The van der Waals surface area contributed by atoms with Crippen molar-refractivity contribution in [1.82, 2.24) is 10.3 Å². The van der Waals surface area contributed by atoms with E-state index in [4.69, 9.17) is 4.74 Å². The average molecular weight is 266 g/mol. The molecule has 1 aliphatic rings. The summed E-state index contributed by atoms with van der Waals surface area (Å²) in [7, 11) is 0. The smallest absolute Gasteiger partial charge is 0.133 e. The first-order valence-corrected chi connectivity index (χ1v) is 7.48. The van der Waals surface area contributed by atoms with Crippen LogP contribution in [0.2, 0.25) is 0 Å². The Morgan fingerprint density at radius 2 is 2.47 bits per heavy atom. The summed E-state index contributed by atoms with van der Waals surface area (Å²) >= 11 is 3.46. The van der Waals surface area contributed by atoms with Gasteiger partial charge in [0.05, 0.1) is 23.3 Å². The highest BCUT2D eigenvalue weighted by molar-refractivity contribution is 7.20. The van der Waals surface area contributed by atoms with Crippen LogP contribution in [0.3, 0.4) is 0 Å². The van der Waals surface area contributed by atoms with Gasteiger partial charge in [0.1, 0.15) is 5.01 Å². The predicted octanol–water partition coefficient (Wildman–Crippen LogP) is 2.40. The van der Waals surface area contributed by atoms with E-state index in [1.807, 2.05) is 0 Å². The molecule has 0 amide bonds. The second-order valence-corrected chi connectivity index (χ2v) is 5.83. The number of nitrogens with one attached hydrogen (secondary N) is 1. The Morgan fingerprint density at radius 3 is 3.24 bits per heavy atom. The van der Waals surface area contributed by atoms with Crippen molar-refractivity contribution in [3.63, 3.8) is 0 Å². The zero-order valence-corrected chi connectivity index (χ0v) is 11.0. The third-order valence-electron chi connectivity index (χ3n) is 2.72. The van der Waals surface area contributed by atoms with Gasteiger partial charge in [0.15, 0.2) is 0 Å². The maximum atomic E-state index is 5.69. The van der Waals surface area contributed by atoms with Gasteiger partial charge in [-0.15, -0.1) is 22.7 Å². The molecule has 1 aliphatic heterocycles. The maximum Gasteiger partial charge on any atom is 0.133 e. The van der Waals surface area contributed by atoms with E-state index < -0.39 is 0 Å². The first-order chi connectivity index (χ1) is 8.42. The molecule has 1 atom stereocenters. The predicted molar refractivity (Wildman–Crippen MR) is 71.7 cm³/mol. The number of nitrogens with zero attached hydrogens (tertiary/aromatic N) is 1. The summed E-state index contributed by atoms with van der Waals surface area (Å²) in [6.07, 6.45) is 1.19. The van der Waals surface area contributed by atoms with Gasteiger partial charge in [0, 0.05) is 24.9 Å². The molecule has 1 N–H and O–H groups in total. The van der Waals surface area contributed by atoms with Crippen LogP contribution >= 0.6 is 22.7 Å². The zero-order valence-electron chi connectivity index (χ0n) is 9.39. The van der Waals surface area contributed by atoms with Crippen LogP contribution in [0.25, 0.3) is 9.88 Å². The van der Waals surface area contributed by atoms with Crippen molar-refractivity contribution in [2.24, 2.45) is 0 Å². The summed E-state index contributed by atoms with van der Waals surface area (Å²) in [5, 5.41) is 8.70. The first kappa shape index (κ1) is 11.3. The average Bonchev–Trinajstić information content (AvgIpc) is 3.00. The molecule has 2 aromatic heterocycles. The lowest BCUT2D eigenvalue weighted by Crippen LogP contribution is -2.39. The SMILES string of the molecule is c1csc(-c2nc(CC3CNCCO3)cs2)c1. The van der Waals surface area contributed by atoms with Gasteiger partial charge in [-0.05, 0) is 11.4 Å². The van der Waals surface area contributed by atoms with E-state index in [2.05, 4.69) is 33.2 Å². The molecule has 90 valence electrons. The fourth-order valence-electron chi connectivity index (χ4n) is 1.90. The summed E-state index contributed by atoms with van der Waals surface area (Å²) in [5.74, 6) is 0. The molecule has 3 nitrogen and oxygen atoms in total. The fraction of sp³-hybridized carbons (Fsp3) is 0.417. The zero-order chi connectivity index (χ0) is 11.5. The van der Waals surface area contributed by atoms with E-state index in [0.717, 1.165) is 36.8 Å². The lowest BCUT2D eigenvalue weighted by Gasteiger charge is -2.22. The number of aromatic nitrogens is 1. The van der Waals surface area contributed by atoms with Crippen molar-refractivity contribution in [2.45, 2.75) is 12.5 Å². The molecule has 3 heterocycles. The highest BCUT2D eigenvalue weighted by Gasteiger charge is 2.15. The Balaban J connectivity index is 1.68. The maximum absolute atomic E-state index is 5.69. The molecule has 0 spiro atoms. The lowest BCUT2D eigenvalue weighted by molar-refractivity contribution is 0.0287. The highest BCUT2D eigenvalue weighted by Crippen LogP contribution is 2.28. The lowest BCUT2D eigenvalue weighted by atomic mass is 10.2. The van der Waals surface area contributed by atoms with Crippen LogP contribution < -0.4 is 5.32 Å². The standard InChI is InChI=1S/C12H14N2OS2/c1-2-11(16-5-1)12-14-9(8-17-12)6-10-7-13-3-4-15-10/h1-2,5,8,10,13H,3-4,6-7H2. The Kier molecular flexibility index (Phi) is 3.51. The normalized spacial score (nSPS) is 20.6. The summed E-state index contributed by atoms with van der Waals surface area (Å²) in [6, 6.07) is 4.18. The third kappa shape index (κ3) is 2.74. The Labute approximate surface area is 108 Å². The van der Waals surface area contributed by atoms with E-state index in [0.29, 0.717) is 0 Å². The van der Waals surface area contributed by atoms with Crippen molar-refractivity contribution in [2.75, 3.05) is 19.7 Å². The van der Waals surface area contributed by atoms with E-state index >= 15 is 0 Å². The second-order valence-electron chi connectivity index (χ2n) is 4.02. The van der Waals surface area contributed by atoms with E-state index in [1.54, 1.807) is 22.7 Å². The minimum atomic E-state index is 0.280. The van der Waals surface area contributed by atoms with Gasteiger partial charge >= 0.3 is 0 Å². The van der Waals surface area contributed by atoms with Gasteiger partial charge in [-0.25, -0.2) is 4.98 Å². The van der Waals surface area contributed by atoms with E-state index in [1.165, 1.54) is 4.88 Å². The van der Waals surface area contributed by atoms with Gasteiger partial charge < -0.3 is 10.1 Å². The molecule has 0 bridgehead atoms. The summed E-state index contributed by atoms with van der Waals surface area (Å²) in [6.45, 7) is 2.71. The first-order valence-electron chi connectivity index (χ1n) is 5.72. The van der Waals surface area contributed by atoms with Crippen LogP contribution in [0.1, 0.15) is 5.69 Å². The minimum absolute atomic E-state index is 0.280. The molecular weight excluding hydrogens is 252 g/mol. The minimum Gasteiger partial charge on any atom is -0.375 e. The number of hydrogen-bond acceptors (Lipinski definition) is 5. The van der Waals surface area contributed by atoms with Crippen molar-refractivity contribution in [1.29, 1.82) is 0 Å². The van der Waals surface area contributed by atoms with Crippen LogP contribution in [0.15, 0.2) is 22.9 Å². The van der Waals surface area contributed by atoms with Crippen molar-refractivity contribution < 1.29 is 4.74 Å². The molecule has 1 saturated heterocycles. The van der Waals surface area contributed by atoms with Crippen LogP contribution in [-0.2, 0) is 11.2 Å². The number of ether oxygens (including phenoxy) is 1. The Hall–Kier alpha value is -0.750. The van der Waals surface area contributed by atoms with Crippen LogP contribution in [0, 0.1) is 0 Å². The topological polar surface area (TPSA) is 34.2 Å². The number of thiophene rings is 1. The quantitative estimate of drug-likeness (QED) is 0.926. The molecule has 0 saturated carbocycles. The van der Waals surface area contributed by atoms with Gasteiger partial charge in [-0.1, -0.05) is 6.07 Å². The molecule has 0 aliphatic carbocycles. The molecule has 2 aromatic rings. The van der Waals surface area contributed by atoms with Gasteiger partial charge in [-0.3, -0.25) is 0 Å². The number of hydrogen-bond donors (Lipinski definition) is 1. The molecule has 5 heteroatoms. The summed E-state index contributed by atoms with van der Waals surface area (Å²) in [5.41, 5.74) is 1.15. The molecule has 1 unspecified atom stereocenters. The molecule has 0 radical (unpaired) electrons. The monoisotopic (exact) mass is 266 g/mol. The van der Waals surface area contributed by atoms with Crippen molar-refractivity contribution >= 4 is 22.7 Å². The van der Waals surface area contributed by atoms with Gasteiger partial charge in [0.2, 0.25) is 0 Å². The van der Waals surface area contributed by atoms with Gasteiger partial charge in [0.25, 0.3) is 0 Å². The highest BCUT2D eigenvalue weighted by atomic mass is 32.1. The van der Waals surface area contributed by atoms with E-state index in [-0.39, 0.29) is 6.10 Å². The largest absolute Gasteiger partial charge is 0.375 e. The third-order valence-corrected chi connectivity index (χ3v) is 4.66. The molecule has 1 fully saturated rings. The fourth-order valence-corrected chi connectivity index (χ4v) is 3.55. The van der Waals surface area contributed by atoms with E-state index in [9.17, 15) is 0 Å². The Bertz CT molecular complexity index is 461. The molecule has 17 heavy (non-hydrogen) atoms. The molecule has 0 aromatic carbocycles. The number of rotatable bonds is 3. The molecular formula is C12H14N2OS2. The van der Waals surface area contributed by atoms with Crippen LogP contribution in [0.5, 0.6) is 0 Å². The summed E-state index contributed by atoms with van der Waals surface area (Å²) < 4.78 is 5.69. The Morgan fingerprint density at radius 1 is 1.47 bits per heavy atom. The van der Waals surface area contributed by atoms with Crippen molar-refractivity contribution in [3.8, 4) is 9.88 Å². The number of thiazole rings is 1.